The lowest BCUT2D eigenvalue weighted by Crippen LogP contribution is -2.49. The highest BCUT2D eigenvalue weighted by molar-refractivity contribution is 6.34. The van der Waals surface area contributed by atoms with E-state index < -0.39 is 6.04 Å². The lowest BCUT2D eigenvalue weighted by atomic mass is 9.99. The summed E-state index contributed by atoms with van der Waals surface area (Å²) in [4.78, 5) is 28.9. The van der Waals surface area contributed by atoms with E-state index in [1.54, 1.807) is 4.90 Å². The Balaban J connectivity index is 1.52. The molecule has 0 radical (unpaired) electrons. The first-order valence-corrected chi connectivity index (χ1v) is 11.5. The zero-order chi connectivity index (χ0) is 22.0. The van der Waals surface area contributed by atoms with Gasteiger partial charge in [0, 0.05) is 32.2 Å². The van der Waals surface area contributed by atoms with E-state index in [0.717, 1.165) is 50.0 Å². The molecule has 0 aromatic heterocycles. The van der Waals surface area contributed by atoms with Gasteiger partial charge in [0.15, 0.2) is 0 Å². The Labute approximate surface area is 189 Å². The Morgan fingerprint density at radius 2 is 1.87 bits per heavy atom. The lowest BCUT2D eigenvalue weighted by molar-refractivity contribution is -0.138. The van der Waals surface area contributed by atoms with Gasteiger partial charge in [-0.3, -0.25) is 9.59 Å². The summed E-state index contributed by atoms with van der Waals surface area (Å²) >= 11 is 6.72. The normalized spacial score (nSPS) is 18.5. The van der Waals surface area contributed by atoms with Crippen molar-refractivity contribution in [2.24, 2.45) is 0 Å². The second kappa shape index (κ2) is 9.31. The highest BCUT2D eigenvalue weighted by Crippen LogP contribution is 2.38. The quantitative estimate of drug-likeness (QED) is 0.734. The monoisotopic (exact) mass is 439 g/mol. The van der Waals surface area contributed by atoms with Gasteiger partial charge in [0.1, 0.15) is 6.04 Å². The molecule has 5 nitrogen and oxygen atoms in total. The zero-order valence-electron chi connectivity index (χ0n) is 18.3. The number of rotatable bonds is 4. The van der Waals surface area contributed by atoms with Crippen molar-refractivity contribution in [2.45, 2.75) is 58.5 Å². The van der Waals surface area contributed by atoms with Crippen molar-refractivity contribution < 1.29 is 9.59 Å². The standard InChI is InChI=1S/C25H30ClN3O2/c1-17-8-10-19(11-9-17)16-28-12-5-6-20-14-21(15-22(26)24(20)28)27-25(31)23-7-3-4-13-29(23)18(2)30/h8-11,14-15,23H,3-7,12-13,16H2,1-2H3,(H,27,31)/t23-/m1/s1. The molecule has 1 atom stereocenters. The summed E-state index contributed by atoms with van der Waals surface area (Å²) in [6, 6.07) is 12.1. The van der Waals surface area contributed by atoms with Crippen molar-refractivity contribution >= 4 is 34.8 Å². The molecule has 2 aliphatic rings. The molecule has 2 aromatic rings. The van der Waals surface area contributed by atoms with Gasteiger partial charge in [-0.25, -0.2) is 0 Å². The van der Waals surface area contributed by atoms with Gasteiger partial charge in [0.2, 0.25) is 11.8 Å². The van der Waals surface area contributed by atoms with E-state index in [9.17, 15) is 9.59 Å². The third kappa shape index (κ3) is 4.87. The predicted octanol–water partition coefficient (Wildman–Crippen LogP) is 4.94. The number of likely N-dealkylation sites (tertiary alicyclic amines) is 1. The molecule has 1 saturated heterocycles. The molecule has 0 saturated carbocycles. The van der Waals surface area contributed by atoms with Crippen LogP contribution in [0.4, 0.5) is 11.4 Å². The van der Waals surface area contributed by atoms with Gasteiger partial charge in [0.05, 0.1) is 10.7 Å². The van der Waals surface area contributed by atoms with Gasteiger partial charge in [-0.1, -0.05) is 41.4 Å². The first-order chi connectivity index (χ1) is 14.9. The van der Waals surface area contributed by atoms with E-state index in [0.29, 0.717) is 23.7 Å². The number of fused-ring (bicyclic) bond motifs is 1. The summed E-state index contributed by atoms with van der Waals surface area (Å²) in [5.41, 5.74) is 5.44. The van der Waals surface area contributed by atoms with Crippen LogP contribution in [0.25, 0.3) is 0 Å². The summed E-state index contributed by atoms with van der Waals surface area (Å²) in [6.07, 6.45) is 4.60. The minimum atomic E-state index is -0.404. The molecule has 1 fully saturated rings. The van der Waals surface area contributed by atoms with E-state index in [4.69, 9.17) is 11.6 Å². The maximum absolute atomic E-state index is 12.9. The second-order valence-electron chi connectivity index (χ2n) is 8.69. The Hall–Kier alpha value is -2.53. The summed E-state index contributed by atoms with van der Waals surface area (Å²) in [5, 5.41) is 3.68. The molecule has 0 spiro atoms. The fourth-order valence-electron chi connectivity index (χ4n) is 4.72. The van der Waals surface area contributed by atoms with E-state index in [2.05, 4.69) is 41.4 Å². The first-order valence-electron chi connectivity index (χ1n) is 11.1. The summed E-state index contributed by atoms with van der Waals surface area (Å²) < 4.78 is 0. The third-order valence-corrected chi connectivity index (χ3v) is 6.59. The maximum atomic E-state index is 12.9. The van der Waals surface area contributed by atoms with Crippen LogP contribution in [0.2, 0.25) is 5.02 Å². The van der Waals surface area contributed by atoms with Crippen molar-refractivity contribution in [3.8, 4) is 0 Å². The summed E-state index contributed by atoms with van der Waals surface area (Å²) in [7, 11) is 0. The minimum Gasteiger partial charge on any atom is -0.366 e. The first kappa shape index (κ1) is 21.7. The molecular weight excluding hydrogens is 410 g/mol. The maximum Gasteiger partial charge on any atom is 0.247 e. The Morgan fingerprint density at radius 3 is 2.61 bits per heavy atom. The van der Waals surface area contributed by atoms with Crippen molar-refractivity contribution in [2.75, 3.05) is 23.3 Å². The van der Waals surface area contributed by atoms with E-state index >= 15 is 0 Å². The molecule has 2 heterocycles. The van der Waals surface area contributed by atoms with Crippen LogP contribution in [0.5, 0.6) is 0 Å². The third-order valence-electron chi connectivity index (χ3n) is 6.30. The van der Waals surface area contributed by atoms with Crippen LogP contribution in [-0.2, 0) is 22.6 Å². The molecule has 0 bridgehead atoms. The number of amides is 2. The van der Waals surface area contributed by atoms with Gasteiger partial charge in [-0.15, -0.1) is 0 Å². The Kier molecular flexibility index (Phi) is 6.51. The number of nitrogens with zero attached hydrogens (tertiary/aromatic N) is 2. The average Bonchev–Trinajstić information content (AvgIpc) is 2.75. The number of piperidine rings is 1. The van der Waals surface area contributed by atoms with Crippen molar-refractivity contribution in [3.63, 3.8) is 0 Å². The van der Waals surface area contributed by atoms with Gasteiger partial charge >= 0.3 is 0 Å². The van der Waals surface area contributed by atoms with Crippen LogP contribution in [-0.4, -0.2) is 35.8 Å². The topological polar surface area (TPSA) is 52.7 Å². The summed E-state index contributed by atoms with van der Waals surface area (Å²) in [6.45, 7) is 6.04. The number of halogens is 1. The van der Waals surface area contributed by atoms with Crippen LogP contribution in [0, 0.1) is 6.92 Å². The predicted molar refractivity (Wildman–Crippen MR) is 126 cm³/mol. The molecular formula is C25H30ClN3O2. The van der Waals surface area contributed by atoms with Gasteiger partial charge < -0.3 is 15.1 Å². The molecule has 1 N–H and O–H groups in total. The van der Waals surface area contributed by atoms with Crippen LogP contribution in [0.15, 0.2) is 36.4 Å². The number of benzene rings is 2. The number of aryl methyl sites for hydroxylation is 2. The number of hydrogen-bond acceptors (Lipinski definition) is 3. The van der Waals surface area contributed by atoms with Crippen molar-refractivity contribution in [1.29, 1.82) is 0 Å². The lowest BCUT2D eigenvalue weighted by Gasteiger charge is -2.34. The molecule has 31 heavy (non-hydrogen) atoms. The van der Waals surface area contributed by atoms with Crippen LogP contribution >= 0.6 is 11.6 Å². The SMILES string of the molecule is CC(=O)N1CCCC[C@@H]1C(=O)Nc1cc(Cl)c2c(c1)CCCN2Cc1ccc(C)cc1. The highest BCUT2D eigenvalue weighted by Gasteiger charge is 2.31. The molecule has 0 aliphatic carbocycles. The number of carbonyl (C=O) groups is 2. The van der Waals surface area contributed by atoms with Gasteiger partial charge in [-0.05, 0) is 62.3 Å². The van der Waals surface area contributed by atoms with E-state index in [-0.39, 0.29) is 11.8 Å². The molecule has 2 aromatic carbocycles. The minimum absolute atomic E-state index is 0.0462. The molecule has 2 aliphatic heterocycles. The van der Waals surface area contributed by atoms with E-state index in [1.807, 2.05) is 12.1 Å². The van der Waals surface area contributed by atoms with E-state index in [1.165, 1.54) is 18.1 Å². The number of anilines is 2. The smallest absolute Gasteiger partial charge is 0.247 e. The zero-order valence-corrected chi connectivity index (χ0v) is 19.0. The number of carbonyl (C=O) groups excluding carboxylic acids is 2. The Morgan fingerprint density at radius 1 is 1.10 bits per heavy atom. The molecule has 2 amide bonds. The molecule has 4 rings (SSSR count). The van der Waals surface area contributed by atoms with Crippen molar-refractivity contribution in [3.05, 3.63) is 58.1 Å². The van der Waals surface area contributed by atoms with Crippen molar-refractivity contribution in [1.82, 2.24) is 4.90 Å². The van der Waals surface area contributed by atoms with Crippen LogP contribution in [0.1, 0.15) is 49.3 Å². The second-order valence-corrected chi connectivity index (χ2v) is 9.10. The molecule has 6 heteroatoms. The molecule has 0 unspecified atom stereocenters. The number of hydrogen-bond donors (Lipinski definition) is 1. The van der Waals surface area contributed by atoms with Crippen LogP contribution < -0.4 is 10.2 Å². The van der Waals surface area contributed by atoms with Gasteiger partial charge in [-0.2, -0.15) is 0 Å². The summed E-state index contributed by atoms with van der Waals surface area (Å²) in [5.74, 6) is -0.173. The average molecular weight is 440 g/mol. The van der Waals surface area contributed by atoms with Gasteiger partial charge in [0.25, 0.3) is 0 Å². The largest absolute Gasteiger partial charge is 0.366 e. The highest BCUT2D eigenvalue weighted by atomic mass is 35.5. The Bertz CT molecular complexity index is 973. The molecule has 164 valence electrons. The fourth-order valence-corrected chi connectivity index (χ4v) is 5.08. The fraction of sp³-hybridized carbons (Fsp3) is 0.440. The number of nitrogens with one attached hydrogen (secondary N) is 1. The van der Waals surface area contributed by atoms with Crippen LogP contribution in [0.3, 0.4) is 0 Å².